The summed E-state index contributed by atoms with van der Waals surface area (Å²) in [6, 6.07) is 8.32. The average Bonchev–Trinajstić information content (AvgIpc) is 2.39. The van der Waals surface area contributed by atoms with Gasteiger partial charge in [0.05, 0.1) is 6.10 Å². The van der Waals surface area contributed by atoms with Gasteiger partial charge in [-0.25, -0.2) is 9.37 Å². The van der Waals surface area contributed by atoms with Crippen LogP contribution in [0.15, 0.2) is 36.5 Å². The highest BCUT2D eigenvalue weighted by Crippen LogP contribution is 2.17. The number of pyridine rings is 1. The molecule has 1 heterocycles. The van der Waals surface area contributed by atoms with Crippen LogP contribution in [0.25, 0.3) is 0 Å². The van der Waals surface area contributed by atoms with Gasteiger partial charge in [0, 0.05) is 29.9 Å². The molecule has 0 unspecified atom stereocenters. The van der Waals surface area contributed by atoms with Crippen molar-refractivity contribution in [3.63, 3.8) is 0 Å². The third-order valence-corrected chi connectivity index (χ3v) is 2.98. The van der Waals surface area contributed by atoms with E-state index in [1.807, 2.05) is 26.0 Å². The standard InChI is InChI=1S/C16H18ClFN2O/c1-11(2)21-16-13(4-3-5-20-16)10-19-9-12-6-14(17)8-15(18)7-12/h3-8,11,19H,9-10H2,1-2H3. The zero-order valence-electron chi connectivity index (χ0n) is 12.1. The zero-order valence-corrected chi connectivity index (χ0v) is 12.8. The summed E-state index contributed by atoms with van der Waals surface area (Å²) in [7, 11) is 0. The van der Waals surface area contributed by atoms with Crippen molar-refractivity contribution in [2.45, 2.75) is 33.0 Å². The second-order valence-electron chi connectivity index (χ2n) is 5.02. The fraction of sp³-hybridized carbons (Fsp3) is 0.312. The average molecular weight is 309 g/mol. The van der Waals surface area contributed by atoms with Crippen molar-refractivity contribution in [1.29, 1.82) is 0 Å². The number of aromatic nitrogens is 1. The fourth-order valence-electron chi connectivity index (χ4n) is 1.94. The number of hydrogen-bond donors (Lipinski definition) is 1. The third kappa shape index (κ3) is 4.99. The topological polar surface area (TPSA) is 34.1 Å². The number of hydrogen-bond acceptors (Lipinski definition) is 3. The molecule has 0 fully saturated rings. The van der Waals surface area contributed by atoms with Crippen LogP contribution >= 0.6 is 11.6 Å². The van der Waals surface area contributed by atoms with E-state index in [2.05, 4.69) is 10.3 Å². The molecule has 0 amide bonds. The molecule has 1 N–H and O–H groups in total. The summed E-state index contributed by atoms with van der Waals surface area (Å²) in [6.45, 7) is 5.03. The molecule has 1 aromatic carbocycles. The molecule has 0 radical (unpaired) electrons. The van der Waals surface area contributed by atoms with E-state index in [-0.39, 0.29) is 11.9 Å². The predicted molar refractivity (Wildman–Crippen MR) is 82.0 cm³/mol. The molecule has 0 saturated heterocycles. The van der Waals surface area contributed by atoms with Gasteiger partial charge in [-0.1, -0.05) is 17.7 Å². The second kappa shape index (κ2) is 7.38. The molecule has 3 nitrogen and oxygen atoms in total. The monoisotopic (exact) mass is 308 g/mol. The summed E-state index contributed by atoms with van der Waals surface area (Å²) >= 11 is 5.83. The number of benzene rings is 1. The molecule has 0 aliphatic heterocycles. The summed E-state index contributed by atoms with van der Waals surface area (Å²) in [5.74, 6) is 0.293. The molecule has 5 heteroatoms. The molecule has 0 aliphatic carbocycles. The lowest BCUT2D eigenvalue weighted by atomic mass is 10.2. The Morgan fingerprint density at radius 1 is 1.29 bits per heavy atom. The van der Waals surface area contributed by atoms with Crippen LogP contribution in [0.4, 0.5) is 4.39 Å². The lowest BCUT2D eigenvalue weighted by molar-refractivity contribution is 0.229. The Labute approximate surface area is 129 Å². The second-order valence-corrected chi connectivity index (χ2v) is 5.45. The van der Waals surface area contributed by atoms with Crippen LogP contribution in [0, 0.1) is 5.82 Å². The Kier molecular flexibility index (Phi) is 5.53. The smallest absolute Gasteiger partial charge is 0.218 e. The van der Waals surface area contributed by atoms with Crippen LogP contribution in [-0.4, -0.2) is 11.1 Å². The highest BCUT2D eigenvalue weighted by molar-refractivity contribution is 6.30. The highest BCUT2D eigenvalue weighted by Gasteiger charge is 2.06. The number of rotatable bonds is 6. The van der Waals surface area contributed by atoms with Crippen molar-refractivity contribution in [3.05, 3.63) is 58.5 Å². The van der Waals surface area contributed by atoms with Crippen molar-refractivity contribution in [3.8, 4) is 5.88 Å². The largest absolute Gasteiger partial charge is 0.475 e. The van der Waals surface area contributed by atoms with E-state index in [9.17, 15) is 4.39 Å². The van der Waals surface area contributed by atoms with E-state index in [1.165, 1.54) is 12.1 Å². The molecule has 0 saturated carbocycles. The summed E-state index contributed by atoms with van der Waals surface area (Å²) in [5.41, 5.74) is 1.77. The zero-order chi connectivity index (χ0) is 15.2. The minimum Gasteiger partial charge on any atom is -0.475 e. The van der Waals surface area contributed by atoms with Crippen LogP contribution in [0.3, 0.4) is 0 Å². The van der Waals surface area contributed by atoms with Gasteiger partial charge >= 0.3 is 0 Å². The van der Waals surface area contributed by atoms with Crippen molar-refractivity contribution in [2.24, 2.45) is 0 Å². The first-order valence-electron chi connectivity index (χ1n) is 6.81. The van der Waals surface area contributed by atoms with Gasteiger partial charge in [-0.15, -0.1) is 0 Å². The van der Waals surface area contributed by atoms with Gasteiger partial charge in [0.2, 0.25) is 5.88 Å². The fourth-order valence-corrected chi connectivity index (χ4v) is 2.19. The summed E-state index contributed by atoms with van der Waals surface area (Å²) in [4.78, 5) is 4.23. The summed E-state index contributed by atoms with van der Waals surface area (Å²) in [5, 5.41) is 3.64. The molecule has 112 valence electrons. The minimum atomic E-state index is -0.329. The van der Waals surface area contributed by atoms with E-state index in [0.29, 0.717) is 24.0 Å². The van der Waals surface area contributed by atoms with E-state index >= 15 is 0 Å². The van der Waals surface area contributed by atoms with Gasteiger partial charge in [-0.2, -0.15) is 0 Å². The number of nitrogens with one attached hydrogen (secondary N) is 1. The Morgan fingerprint density at radius 3 is 2.81 bits per heavy atom. The van der Waals surface area contributed by atoms with E-state index in [1.54, 1.807) is 12.3 Å². The first-order valence-corrected chi connectivity index (χ1v) is 7.18. The number of nitrogens with zero attached hydrogens (tertiary/aromatic N) is 1. The van der Waals surface area contributed by atoms with E-state index in [0.717, 1.165) is 11.1 Å². The molecule has 0 spiro atoms. The highest BCUT2D eigenvalue weighted by atomic mass is 35.5. The quantitative estimate of drug-likeness (QED) is 0.877. The molecule has 0 aliphatic rings. The molecule has 0 atom stereocenters. The molecular weight excluding hydrogens is 291 g/mol. The molecular formula is C16H18ClFN2O. The maximum Gasteiger partial charge on any atom is 0.218 e. The van der Waals surface area contributed by atoms with Gasteiger partial charge in [0.1, 0.15) is 5.82 Å². The van der Waals surface area contributed by atoms with Crippen molar-refractivity contribution >= 4 is 11.6 Å². The minimum absolute atomic E-state index is 0.0701. The van der Waals surface area contributed by atoms with Gasteiger partial charge in [-0.3, -0.25) is 0 Å². The Balaban J connectivity index is 1.97. The number of ether oxygens (including phenoxy) is 1. The Morgan fingerprint density at radius 2 is 2.10 bits per heavy atom. The van der Waals surface area contributed by atoms with E-state index < -0.39 is 0 Å². The van der Waals surface area contributed by atoms with Gasteiger partial charge < -0.3 is 10.1 Å². The van der Waals surface area contributed by atoms with Crippen molar-refractivity contribution in [1.82, 2.24) is 10.3 Å². The predicted octanol–water partition coefficient (Wildman–Crippen LogP) is 3.95. The Hall–Kier alpha value is -1.65. The maximum absolute atomic E-state index is 13.2. The van der Waals surface area contributed by atoms with Gasteiger partial charge in [0.25, 0.3) is 0 Å². The summed E-state index contributed by atoms with van der Waals surface area (Å²) in [6.07, 6.45) is 1.77. The summed E-state index contributed by atoms with van der Waals surface area (Å²) < 4.78 is 18.9. The van der Waals surface area contributed by atoms with Crippen LogP contribution in [0.1, 0.15) is 25.0 Å². The van der Waals surface area contributed by atoms with Gasteiger partial charge in [-0.05, 0) is 43.7 Å². The van der Waals surface area contributed by atoms with Crippen LogP contribution in [0.5, 0.6) is 5.88 Å². The molecule has 2 rings (SSSR count). The molecule has 21 heavy (non-hydrogen) atoms. The lowest BCUT2D eigenvalue weighted by Gasteiger charge is -2.13. The van der Waals surface area contributed by atoms with Crippen LogP contribution in [-0.2, 0) is 13.1 Å². The SMILES string of the molecule is CC(C)Oc1ncccc1CNCc1cc(F)cc(Cl)c1. The van der Waals surface area contributed by atoms with Crippen LogP contribution < -0.4 is 10.1 Å². The molecule has 1 aromatic heterocycles. The Bertz CT molecular complexity index is 584. The van der Waals surface area contributed by atoms with E-state index in [4.69, 9.17) is 16.3 Å². The van der Waals surface area contributed by atoms with Crippen molar-refractivity contribution < 1.29 is 9.13 Å². The third-order valence-electron chi connectivity index (χ3n) is 2.76. The normalized spacial score (nSPS) is 10.9. The lowest BCUT2D eigenvalue weighted by Crippen LogP contribution is -2.16. The van der Waals surface area contributed by atoms with Crippen molar-refractivity contribution in [2.75, 3.05) is 0 Å². The van der Waals surface area contributed by atoms with Crippen LogP contribution in [0.2, 0.25) is 5.02 Å². The van der Waals surface area contributed by atoms with Gasteiger partial charge in [0.15, 0.2) is 0 Å². The first kappa shape index (κ1) is 15.7. The number of halogens is 2. The molecule has 2 aromatic rings. The maximum atomic E-state index is 13.2. The first-order chi connectivity index (χ1) is 10.0. The molecule has 0 bridgehead atoms.